The quantitative estimate of drug-likeness (QED) is 0.827. The van der Waals surface area contributed by atoms with Gasteiger partial charge < -0.3 is 0 Å². The van der Waals surface area contributed by atoms with E-state index in [2.05, 4.69) is 22.8 Å². The van der Waals surface area contributed by atoms with Crippen LogP contribution in [0.25, 0.3) is 0 Å². The SMILES string of the molecule is CCCC(C#N)N1CCN(Cc2ccc(F)cc2)CC1. The minimum atomic E-state index is -0.185. The van der Waals surface area contributed by atoms with Gasteiger partial charge in [0.15, 0.2) is 0 Å². The van der Waals surface area contributed by atoms with Crippen molar-refractivity contribution in [3.05, 3.63) is 35.6 Å². The second-order valence-electron chi connectivity index (χ2n) is 5.37. The molecule has 0 N–H and O–H groups in total. The summed E-state index contributed by atoms with van der Waals surface area (Å²) in [5.41, 5.74) is 1.14. The molecule has 2 rings (SSSR count). The fourth-order valence-electron chi connectivity index (χ4n) is 2.68. The van der Waals surface area contributed by atoms with Gasteiger partial charge in [-0.2, -0.15) is 5.26 Å². The van der Waals surface area contributed by atoms with Crippen LogP contribution in [0.2, 0.25) is 0 Å². The molecule has 3 nitrogen and oxygen atoms in total. The molecule has 0 radical (unpaired) electrons. The highest BCUT2D eigenvalue weighted by Crippen LogP contribution is 2.13. The van der Waals surface area contributed by atoms with Crippen molar-refractivity contribution < 1.29 is 4.39 Å². The molecule has 108 valence electrons. The van der Waals surface area contributed by atoms with Crippen LogP contribution in [0.1, 0.15) is 25.3 Å². The van der Waals surface area contributed by atoms with E-state index < -0.39 is 0 Å². The van der Waals surface area contributed by atoms with Crippen LogP contribution in [0.5, 0.6) is 0 Å². The predicted molar refractivity (Wildman–Crippen MR) is 77.6 cm³/mol. The normalized spacial score (nSPS) is 18.6. The third-order valence-corrected chi connectivity index (χ3v) is 3.88. The molecular weight excluding hydrogens is 253 g/mol. The summed E-state index contributed by atoms with van der Waals surface area (Å²) in [5, 5.41) is 9.20. The predicted octanol–water partition coefficient (Wildman–Crippen LogP) is 2.64. The molecule has 1 aromatic rings. The molecule has 0 aromatic heterocycles. The maximum Gasteiger partial charge on any atom is 0.123 e. The fourth-order valence-corrected chi connectivity index (χ4v) is 2.68. The average molecular weight is 275 g/mol. The van der Waals surface area contributed by atoms with E-state index in [0.717, 1.165) is 51.1 Å². The second kappa shape index (κ2) is 7.37. The molecule has 0 amide bonds. The van der Waals surface area contributed by atoms with Gasteiger partial charge in [0, 0.05) is 32.7 Å². The monoisotopic (exact) mass is 275 g/mol. The van der Waals surface area contributed by atoms with Crippen molar-refractivity contribution in [2.24, 2.45) is 0 Å². The van der Waals surface area contributed by atoms with Crippen molar-refractivity contribution in [2.45, 2.75) is 32.4 Å². The Balaban J connectivity index is 1.82. The van der Waals surface area contributed by atoms with Crippen LogP contribution in [0, 0.1) is 17.1 Å². The van der Waals surface area contributed by atoms with E-state index in [-0.39, 0.29) is 11.9 Å². The van der Waals surface area contributed by atoms with Crippen LogP contribution in [0.3, 0.4) is 0 Å². The van der Waals surface area contributed by atoms with E-state index in [1.807, 2.05) is 12.1 Å². The first-order chi connectivity index (χ1) is 9.72. The van der Waals surface area contributed by atoms with Crippen LogP contribution >= 0.6 is 0 Å². The van der Waals surface area contributed by atoms with Gasteiger partial charge in [0.05, 0.1) is 12.1 Å². The number of halogens is 1. The minimum absolute atomic E-state index is 0.0629. The van der Waals surface area contributed by atoms with E-state index in [1.165, 1.54) is 12.1 Å². The van der Waals surface area contributed by atoms with Crippen LogP contribution in [-0.2, 0) is 6.54 Å². The lowest BCUT2D eigenvalue weighted by atomic mass is 10.1. The van der Waals surface area contributed by atoms with Crippen LogP contribution in [0.4, 0.5) is 4.39 Å². The van der Waals surface area contributed by atoms with Gasteiger partial charge in [-0.15, -0.1) is 0 Å². The van der Waals surface area contributed by atoms with Crippen molar-refractivity contribution in [3.63, 3.8) is 0 Å². The van der Waals surface area contributed by atoms with E-state index in [0.29, 0.717) is 0 Å². The molecule has 0 bridgehead atoms. The van der Waals surface area contributed by atoms with Crippen LogP contribution < -0.4 is 0 Å². The lowest BCUT2D eigenvalue weighted by molar-refractivity contribution is 0.106. The van der Waals surface area contributed by atoms with Crippen molar-refractivity contribution in [1.29, 1.82) is 5.26 Å². The summed E-state index contributed by atoms with van der Waals surface area (Å²) >= 11 is 0. The Morgan fingerprint density at radius 3 is 2.40 bits per heavy atom. The standard InChI is InChI=1S/C16H22FN3/c1-2-3-16(12-18)20-10-8-19(9-11-20)13-14-4-6-15(17)7-5-14/h4-7,16H,2-3,8-11,13H2,1H3. The number of nitrogens with zero attached hydrogens (tertiary/aromatic N) is 3. The number of nitriles is 1. The summed E-state index contributed by atoms with van der Waals surface area (Å²) in [4.78, 5) is 4.65. The van der Waals surface area contributed by atoms with Crippen LogP contribution in [0.15, 0.2) is 24.3 Å². The lowest BCUT2D eigenvalue weighted by Crippen LogP contribution is -2.49. The zero-order chi connectivity index (χ0) is 14.4. The van der Waals surface area contributed by atoms with Gasteiger partial charge in [0.2, 0.25) is 0 Å². The maximum atomic E-state index is 12.9. The van der Waals surface area contributed by atoms with E-state index in [4.69, 9.17) is 0 Å². The smallest absolute Gasteiger partial charge is 0.123 e. The number of piperazine rings is 1. The summed E-state index contributed by atoms with van der Waals surface area (Å²) in [6.45, 7) is 6.81. The molecule has 0 spiro atoms. The van der Waals surface area contributed by atoms with Gasteiger partial charge in [-0.25, -0.2) is 4.39 Å². The third-order valence-electron chi connectivity index (χ3n) is 3.88. The molecule has 20 heavy (non-hydrogen) atoms. The first-order valence-corrected chi connectivity index (χ1v) is 7.33. The largest absolute Gasteiger partial charge is 0.297 e. The molecular formula is C16H22FN3. The Bertz CT molecular complexity index is 444. The molecule has 0 saturated carbocycles. The highest BCUT2D eigenvalue weighted by Gasteiger charge is 2.22. The van der Waals surface area contributed by atoms with Crippen molar-refractivity contribution in [1.82, 2.24) is 9.80 Å². The van der Waals surface area contributed by atoms with Gasteiger partial charge in [-0.3, -0.25) is 9.80 Å². The second-order valence-corrected chi connectivity index (χ2v) is 5.37. The molecule has 1 aliphatic heterocycles. The maximum absolute atomic E-state index is 12.9. The highest BCUT2D eigenvalue weighted by atomic mass is 19.1. The molecule has 4 heteroatoms. The Morgan fingerprint density at radius 1 is 1.20 bits per heavy atom. The van der Waals surface area contributed by atoms with E-state index in [9.17, 15) is 9.65 Å². The molecule has 1 heterocycles. The lowest BCUT2D eigenvalue weighted by Gasteiger charge is -2.36. The Hall–Kier alpha value is -1.44. The van der Waals surface area contributed by atoms with E-state index in [1.54, 1.807) is 0 Å². The fraction of sp³-hybridized carbons (Fsp3) is 0.562. The molecule has 1 atom stereocenters. The summed E-state index contributed by atoms with van der Waals surface area (Å²) < 4.78 is 12.9. The molecule has 1 fully saturated rings. The number of hydrogen-bond acceptors (Lipinski definition) is 3. The van der Waals surface area contributed by atoms with Gasteiger partial charge >= 0.3 is 0 Å². The molecule has 0 aliphatic carbocycles. The topological polar surface area (TPSA) is 30.3 Å². The van der Waals surface area contributed by atoms with Crippen molar-refractivity contribution >= 4 is 0 Å². The first-order valence-electron chi connectivity index (χ1n) is 7.33. The zero-order valence-corrected chi connectivity index (χ0v) is 12.1. The summed E-state index contributed by atoms with van der Waals surface area (Å²) in [6, 6.07) is 9.19. The molecule has 1 saturated heterocycles. The van der Waals surface area contributed by atoms with Gasteiger partial charge in [0.25, 0.3) is 0 Å². The number of hydrogen-bond donors (Lipinski definition) is 0. The average Bonchev–Trinajstić information content (AvgIpc) is 2.48. The molecule has 1 unspecified atom stereocenters. The molecule has 1 aromatic carbocycles. The Morgan fingerprint density at radius 2 is 1.85 bits per heavy atom. The van der Waals surface area contributed by atoms with E-state index >= 15 is 0 Å². The highest BCUT2D eigenvalue weighted by molar-refractivity contribution is 5.16. The van der Waals surface area contributed by atoms with Crippen molar-refractivity contribution in [3.8, 4) is 6.07 Å². The minimum Gasteiger partial charge on any atom is -0.297 e. The van der Waals surface area contributed by atoms with Crippen LogP contribution in [-0.4, -0.2) is 42.0 Å². The Kier molecular flexibility index (Phi) is 5.51. The number of benzene rings is 1. The summed E-state index contributed by atoms with van der Waals surface area (Å²) in [6.07, 6.45) is 2.00. The first kappa shape index (κ1) is 15.0. The molecule has 1 aliphatic rings. The Labute approximate surface area is 120 Å². The summed E-state index contributed by atoms with van der Waals surface area (Å²) in [7, 11) is 0. The van der Waals surface area contributed by atoms with Gasteiger partial charge in [0.1, 0.15) is 5.82 Å². The zero-order valence-electron chi connectivity index (χ0n) is 12.1. The number of rotatable bonds is 5. The third kappa shape index (κ3) is 4.03. The van der Waals surface area contributed by atoms with Gasteiger partial charge in [-0.1, -0.05) is 25.5 Å². The summed E-state index contributed by atoms with van der Waals surface area (Å²) in [5.74, 6) is -0.185. The van der Waals surface area contributed by atoms with Gasteiger partial charge in [-0.05, 0) is 24.1 Å². The van der Waals surface area contributed by atoms with Crippen molar-refractivity contribution in [2.75, 3.05) is 26.2 Å².